The highest BCUT2D eigenvalue weighted by molar-refractivity contribution is 5.92. The van der Waals surface area contributed by atoms with E-state index in [0.29, 0.717) is 11.8 Å². The highest BCUT2D eigenvalue weighted by atomic mass is 16.5. The van der Waals surface area contributed by atoms with Crippen molar-refractivity contribution in [2.24, 2.45) is 0 Å². The second-order valence-corrected chi connectivity index (χ2v) is 7.04. The third kappa shape index (κ3) is 3.00. The number of H-pyrrole nitrogens is 1. The molecule has 0 bridgehead atoms. The van der Waals surface area contributed by atoms with Crippen LogP contribution in [0.2, 0.25) is 0 Å². The van der Waals surface area contributed by atoms with Gasteiger partial charge in [-0.15, -0.1) is 0 Å². The van der Waals surface area contributed by atoms with Gasteiger partial charge in [-0.05, 0) is 25.0 Å². The minimum atomic E-state index is 0.140. The Kier molecular flexibility index (Phi) is 4.17. The molecule has 0 radical (unpaired) electrons. The lowest BCUT2D eigenvalue weighted by molar-refractivity contribution is 0.189. The van der Waals surface area contributed by atoms with Gasteiger partial charge in [0.05, 0.1) is 6.04 Å². The van der Waals surface area contributed by atoms with Crippen LogP contribution in [0.1, 0.15) is 56.4 Å². The number of nitrogens with one attached hydrogen (secondary N) is 1. The molecule has 0 saturated carbocycles. The first-order chi connectivity index (χ1) is 12.1. The van der Waals surface area contributed by atoms with Crippen molar-refractivity contribution in [1.29, 1.82) is 0 Å². The van der Waals surface area contributed by atoms with E-state index in [1.54, 1.807) is 0 Å². The highest BCUT2D eigenvalue weighted by Crippen LogP contribution is 2.31. The van der Waals surface area contributed by atoms with Crippen molar-refractivity contribution in [2.45, 2.75) is 39.2 Å². The fraction of sp³-hybridized carbons (Fsp3) is 0.400. The minimum Gasteiger partial charge on any atom is -0.361 e. The predicted molar refractivity (Wildman–Crippen MR) is 99.3 cm³/mol. The van der Waals surface area contributed by atoms with Gasteiger partial charge in [-0.1, -0.05) is 43.3 Å². The van der Waals surface area contributed by atoms with Gasteiger partial charge >= 0.3 is 0 Å². The molecule has 2 aromatic heterocycles. The number of fused-ring (bicyclic) bond motifs is 1. The largest absolute Gasteiger partial charge is 0.361 e. The van der Waals surface area contributed by atoms with Gasteiger partial charge in [-0.2, -0.15) is 4.98 Å². The van der Waals surface area contributed by atoms with Crippen LogP contribution in [0.3, 0.4) is 0 Å². The molecule has 25 heavy (non-hydrogen) atoms. The molecule has 1 aliphatic heterocycles. The standard InChI is InChI=1S/C20H24N4O/c1-13(2)19-22-20(25-23-19)14(3)24-10-8-15(9-11-24)17-12-21-18-7-5-4-6-16(17)18/h4-8,12-14,21H,9-11H2,1-3H3/t14-/m0/s1. The summed E-state index contributed by atoms with van der Waals surface area (Å²) in [6, 6.07) is 8.61. The van der Waals surface area contributed by atoms with Gasteiger partial charge in [0.1, 0.15) is 0 Å². The van der Waals surface area contributed by atoms with E-state index in [2.05, 4.69) is 77.3 Å². The van der Waals surface area contributed by atoms with Crippen molar-refractivity contribution in [1.82, 2.24) is 20.0 Å². The maximum atomic E-state index is 5.47. The Morgan fingerprint density at radius 1 is 1.20 bits per heavy atom. The molecule has 1 aliphatic rings. The van der Waals surface area contributed by atoms with E-state index in [4.69, 9.17) is 4.52 Å². The smallest absolute Gasteiger partial charge is 0.243 e. The Morgan fingerprint density at radius 3 is 2.76 bits per heavy atom. The average Bonchev–Trinajstić information content (AvgIpc) is 3.29. The lowest BCUT2D eigenvalue weighted by atomic mass is 9.98. The highest BCUT2D eigenvalue weighted by Gasteiger charge is 2.24. The molecule has 0 saturated heterocycles. The van der Waals surface area contributed by atoms with Gasteiger partial charge < -0.3 is 9.51 Å². The zero-order valence-corrected chi connectivity index (χ0v) is 15.0. The topological polar surface area (TPSA) is 58.0 Å². The fourth-order valence-electron chi connectivity index (χ4n) is 3.43. The third-order valence-electron chi connectivity index (χ3n) is 5.05. The molecule has 0 amide bonds. The Bertz CT molecular complexity index is 905. The molecular formula is C20H24N4O. The minimum absolute atomic E-state index is 0.140. The summed E-state index contributed by atoms with van der Waals surface area (Å²) >= 11 is 0. The Morgan fingerprint density at radius 2 is 2.04 bits per heavy atom. The number of aromatic nitrogens is 3. The van der Waals surface area contributed by atoms with Gasteiger partial charge in [0.15, 0.2) is 5.82 Å². The van der Waals surface area contributed by atoms with E-state index in [9.17, 15) is 0 Å². The summed E-state index contributed by atoms with van der Waals surface area (Å²) in [6.07, 6.45) is 5.48. The number of benzene rings is 1. The van der Waals surface area contributed by atoms with E-state index < -0.39 is 0 Å². The Balaban J connectivity index is 1.51. The van der Waals surface area contributed by atoms with Crippen LogP contribution in [0.5, 0.6) is 0 Å². The fourth-order valence-corrected chi connectivity index (χ4v) is 3.43. The van der Waals surface area contributed by atoms with Gasteiger partial charge in [-0.3, -0.25) is 4.90 Å². The van der Waals surface area contributed by atoms with Crippen molar-refractivity contribution in [3.8, 4) is 0 Å². The lowest BCUT2D eigenvalue weighted by Crippen LogP contribution is -2.31. The van der Waals surface area contributed by atoms with E-state index in [-0.39, 0.29) is 6.04 Å². The summed E-state index contributed by atoms with van der Waals surface area (Å²) in [4.78, 5) is 10.3. The molecule has 3 heterocycles. The monoisotopic (exact) mass is 336 g/mol. The molecule has 130 valence electrons. The van der Waals surface area contributed by atoms with E-state index in [0.717, 1.165) is 25.3 Å². The first-order valence-electron chi connectivity index (χ1n) is 8.96. The molecule has 3 aromatic rings. The molecule has 5 heteroatoms. The number of rotatable bonds is 4. The summed E-state index contributed by atoms with van der Waals surface area (Å²) in [6.45, 7) is 8.19. The first kappa shape index (κ1) is 16.1. The zero-order valence-electron chi connectivity index (χ0n) is 15.0. The predicted octanol–water partition coefficient (Wildman–Crippen LogP) is 4.52. The van der Waals surface area contributed by atoms with Crippen LogP contribution in [0.15, 0.2) is 41.1 Å². The number of aromatic amines is 1. The van der Waals surface area contributed by atoms with Crippen LogP contribution >= 0.6 is 0 Å². The molecule has 1 N–H and O–H groups in total. The molecule has 0 spiro atoms. The van der Waals surface area contributed by atoms with Crippen LogP contribution in [-0.4, -0.2) is 33.1 Å². The van der Waals surface area contributed by atoms with Crippen molar-refractivity contribution in [3.63, 3.8) is 0 Å². The van der Waals surface area contributed by atoms with Crippen LogP contribution in [-0.2, 0) is 0 Å². The maximum Gasteiger partial charge on any atom is 0.243 e. The summed E-state index contributed by atoms with van der Waals surface area (Å²) in [5, 5.41) is 5.39. The molecule has 0 aliphatic carbocycles. The van der Waals surface area contributed by atoms with Crippen molar-refractivity contribution < 1.29 is 4.52 Å². The molecule has 0 unspecified atom stereocenters. The summed E-state index contributed by atoms with van der Waals surface area (Å²) in [7, 11) is 0. The number of hydrogen-bond acceptors (Lipinski definition) is 4. The van der Waals surface area contributed by atoms with Gasteiger partial charge in [-0.25, -0.2) is 0 Å². The van der Waals surface area contributed by atoms with Gasteiger partial charge in [0, 0.05) is 41.7 Å². The number of hydrogen-bond donors (Lipinski definition) is 1. The normalized spacial score (nSPS) is 17.2. The van der Waals surface area contributed by atoms with Crippen molar-refractivity contribution in [3.05, 3.63) is 53.8 Å². The van der Waals surface area contributed by atoms with E-state index in [1.807, 2.05) is 0 Å². The number of nitrogens with zero attached hydrogens (tertiary/aromatic N) is 3. The lowest BCUT2D eigenvalue weighted by Gasteiger charge is -2.29. The van der Waals surface area contributed by atoms with Crippen LogP contribution < -0.4 is 0 Å². The van der Waals surface area contributed by atoms with Crippen LogP contribution in [0.4, 0.5) is 0 Å². The molecule has 1 atom stereocenters. The van der Waals surface area contributed by atoms with E-state index >= 15 is 0 Å². The Labute approximate surface area is 147 Å². The maximum absolute atomic E-state index is 5.47. The second-order valence-electron chi connectivity index (χ2n) is 7.04. The quantitative estimate of drug-likeness (QED) is 0.761. The van der Waals surface area contributed by atoms with Gasteiger partial charge in [0.2, 0.25) is 5.89 Å². The molecule has 4 rings (SSSR count). The molecule has 1 aromatic carbocycles. The molecule has 0 fully saturated rings. The number of para-hydroxylation sites is 1. The SMILES string of the molecule is CC(C)c1noc([C@H](C)N2CC=C(c3c[nH]c4ccccc34)CC2)n1. The van der Waals surface area contributed by atoms with Gasteiger partial charge in [0.25, 0.3) is 0 Å². The van der Waals surface area contributed by atoms with Crippen molar-refractivity contribution >= 4 is 16.5 Å². The third-order valence-corrected chi connectivity index (χ3v) is 5.05. The van der Waals surface area contributed by atoms with Crippen LogP contribution in [0, 0.1) is 0 Å². The first-order valence-corrected chi connectivity index (χ1v) is 8.96. The second kappa shape index (κ2) is 6.48. The zero-order chi connectivity index (χ0) is 17.4. The summed E-state index contributed by atoms with van der Waals surface area (Å²) < 4.78 is 5.47. The van der Waals surface area contributed by atoms with Crippen molar-refractivity contribution in [2.75, 3.05) is 13.1 Å². The van der Waals surface area contributed by atoms with E-state index in [1.165, 1.54) is 22.0 Å². The average molecular weight is 336 g/mol. The Hall–Kier alpha value is -2.40. The van der Waals surface area contributed by atoms with Crippen LogP contribution in [0.25, 0.3) is 16.5 Å². The summed E-state index contributed by atoms with van der Waals surface area (Å²) in [5.74, 6) is 1.79. The summed E-state index contributed by atoms with van der Waals surface area (Å²) in [5.41, 5.74) is 3.93. The molecular weight excluding hydrogens is 312 g/mol. The molecule has 5 nitrogen and oxygen atoms in total.